The molecule has 2 aromatic rings. The van der Waals surface area contributed by atoms with Crippen molar-refractivity contribution in [1.82, 2.24) is 20.9 Å². The summed E-state index contributed by atoms with van der Waals surface area (Å²) in [5.74, 6) is 0.998. The molecule has 2 heterocycles. The second-order valence-corrected chi connectivity index (χ2v) is 8.57. The summed E-state index contributed by atoms with van der Waals surface area (Å²) in [5, 5.41) is 9.63. The van der Waals surface area contributed by atoms with Crippen LogP contribution in [0.25, 0.3) is 0 Å². The lowest BCUT2D eigenvalue weighted by atomic mass is 10.0. The number of amides is 2. The number of hydrogen-bond acceptors (Lipinski definition) is 5. The highest BCUT2D eigenvalue weighted by molar-refractivity contribution is 5.83. The van der Waals surface area contributed by atoms with Gasteiger partial charge in [0.25, 0.3) is 0 Å². The molecular formula is C25H32N4O3. The van der Waals surface area contributed by atoms with Gasteiger partial charge in [-0.1, -0.05) is 42.5 Å². The summed E-state index contributed by atoms with van der Waals surface area (Å²) in [5.41, 5.74) is 2.28. The zero-order valence-corrected chi connectivity index (χ0v) is 18.5. The van der Waals surface area contributed by atoms with Gasteiger partial charge in [-0.25, -0.2) is 0 Å². The fourth-order valence-corrected chi connectivity index (χ4v) is 4.58. The maximum atomic E-state index is 12.4. The topological polar surface area (TPSA) is 82.7 Å². The van der Waals surface area contributed by atoms with Crippen LogP contribution in [0.3, 0.4) is 0 Å². The van der Waals surface area contributed by atoms with E-state index in [1.807, 2.05) is 42.5 Å². The van der Waals surface area contributed by atoms with Crippen LogP contribution in [0.15, 0.2) is 54.6 Å². The number of ether oxygens (including phenoxy) is 1. The van der Waals surface area contributed by atoms with E-state index in [9.17, 15) is 9.59 Å². The molecule has 0 saturated carbocycles. The van der Waals surface area contributed by atoms with Crippen LogP contribution in [0.2, 0.25) is 0 Å². The second-order valence-electron chi connectivity index (χ2n) is 8.57. The number of piperazine rings is 1. The van der Waals surface area contributed by atoms with E-state index >= 15 is 0 Å². The number of nitrogens with zero attached hydrogens (tertiary/aromatic N) is 1. The Morgan fingerprint density at radius 1 is 1.09 bits per heavy atom. The van der Waals surface area contributed by atoms with Crippen molar-refractivity contribution >= 4 is 11.8 Å². The van der Waals surface area contributed by atoms with Crippen molar-refractivity contribution in [3.63, 3.8) is 0 Å². The van der Waals surface area contributed by atoms with Gasteiger partial charge in [-0.05, 0) is 36.1 Å². The van der Waals surface area contributed by atoms with Crippen molar-refractivity contribution in [2.75, 3.05) is 20.2 Å². The summed E-state index contributed by atoms with van der Waals surface area (Å²) < 4.78 is 5.21. The number of rotatable bonds is 9. The molecule has 0 aromatic heterocycles. The third-order valence-corrected chi connectivity index (χ3v) is 6.41. The Bertz CT molecular complexity index is 903. The molecule has 0 radical (unpaired) electrons. The molecule has 0 aliphatic carbocycles. The molecule has 2 amide bonds. The Morgan fingerprint density at radius 3 is 2.59 bits per heavy atom. The molecular weight excluding hydrogens is 404 g/mol. The Labute approximate surface area is 189 Å². The fraction of sp³-hybridized carbons (Fsp3) is 0.440. The van der Waals surface area contributed by atoms with Crippen LogP contribution in [-0.2, 0) is 22.7 Å². The first-order valence-corrected chi connectivity index (χ1v) is 11.3. The van der Waals surface area contributed by atoms with E-state index in [0.717, 1.165) is 37.2 Å². The first-order chi connectivity index (χ1) is 15.6. The molecule has 4 rings (SSSR count). The smallest absolute Gasteiger partial charge is 0.237 e. The summed E-state index contributed by atoms with van der Waals surface area (Å²) in [6, 6.07) is 18.3. The summed E-state index contributed by atoms with van der Waals surface area (Å²) in [6.45, 7) is 2.73. The number of benzene rings is 2. The van der Waals surface area contributed by atoms with Crippen molar-refractivity contribution in [2.24, 2.45) is 0 Å². The SMILES string of the molecule is COc1ccc(CNC2CC3C(=O)NCC(CCC(=O)NCc4ccccc4)N3C2)cc1. The Morgan fingerprint density at radius 2 is 1.84 bits per heavy atom. The second kappa shape index (κ2) is 10.6. The van der Waals surface area contributed by atoms with Gasteiger partial charge in [0.05, 0.1) is 13.2 Å². The molecule has 32 heavy (non-hydrogen) atoms. The number of carbonyl (C=O) groups is 2. The van der Waals surface area contributed by atoms with E-state index in [1.54, 1.807) is 7.11 Å². The maximum absolute atomic E-state index is 12.4. The van der Waals surface area contributed by atoms with Crippen LogP contribution in [0.5, 0.6) is 5.75 Å². The molecule has 170 valence electrons. The Balaban J connectivity index is 1.25. The van der Waals surface area contributed by atoms with Crippen molar-refractivity contribution in [2.45, 2.75) is 50.5 Å². The van der Waals surface area contributed by atoms with Crippen LogP contribution in [0, 0.1) is 0 Å². The summed E-state index contributed by atoms with van der Waals surface area (Å²) >= 11 is 0. The number of nitrogens with one attached hydrogen (secondary N) is 3. The average molecular weight is 437 g/mol. The van der Waals surface area contributed by atoms with E-state index in [1.165, 1.54) is 5.56 Å². The van der Waals surface area contributed by atoms with E-state index in [-0.39, 0.29) is 29.9 Å². The zero-order chi connectivity index (χ0) is 22.3. The van der Waals surface area contributed by atoms with Gasteiger partial charge in [0, 0.05) is 44.7 Å². The molecule has 0 bridgehead atoms. The molecule has 3 unspecified atom stereocenters. The minimum Gasteiger partial charge on any atom is -0.497 e. The lowest BCUT2D eigenvalue weighted by Crippen LogP contribution is -2.58. The Hall–Kier alpha value is -2.90. The van der Waals surface area contributed by atoms with Gasteiger partial charge in [-0.15, -0.1) is 0 Å². The van der Waals surface area contributed by atoms with Crippen LogP contribution in [0.4, 0.5) is 0 Å². The summed E-state index contributed by atoms with van der Waals surface area (Å²) in [4.78, 5) is 27.1. The monoisotopic (exact) mass is 436 g/mol. The molecule has 2 aliphatic rings. The van der Waals surface area contributed by atoms with Gasteiger partial charge in [-0.3, -0.25) is 14.5 Å². The molecule has 3 N–H and O–H groups in total. The van der Waals surface area contributed by atoms with Gasteiger partial charge in [0.2, 0.25) is 11.8 Å². The molecule has 2 aromatic carbocycles. The lowest BCUT2D eigenvalue weighted by molar-refractivity contribution is -0.129. The minimum absolute atomic E-state index is 0.0516. The van der Waals surface area contributed by atoms with Gasteiger partial charge < -0.3 is 20.7 Å². The number of hydrogen-bond donors (Lipinski definition) is 3. The first kappa shape index (κ1) is 22.3. The number of carbonyl (C=O) groups excluding carboxylic acids is 2. The standard InChI is InChI=1S/C25H32N4O3/c1-32-22-10-7-19(8-11-22)14-26-20-13-23-25(31)28-16-21(29(23)17-20)9-12-24(30)27-15-18-5-3-2-4-6-18/h2-8,10-11,20-21,23,26H,9,12-17H2,1H3,(H,27,30)(H,28,31). The van der Waals surface area contributed by atoms with Gasteiger partial charge in [-0.2, -0.15) is 0 Å². The third kappa shape index (κ3) is 5.66. The summed E-state index contributed by atoms with van der Waals surface area (Å²) in [6.07, 6.45) is 1.99. The molecule has 3 atom stereocenters. The quantitative estimate of drug-likeness (QED) is 0.559. The number of fused-ring (bicyclic) bond motifs is 1. The summed E-state index contributed by atoms with van der Waals surface area (Å²) in [7, 11) is 1.66. The maximum Gasteiger partial charge on any atom is 0.237 e. The van der Waals surface area contributed by atoms with Crippen molar-refractivity contribution < 1.29 is 14.3 Å². The van der Waals surface area contributed by atoms with E-state index in [4.69, 9.17) is 4.74 Å². The molecule has 2 aliphatic heterocycles. The van der Waals surface area contributed by atoms with E-state index < -0.39 is 0 Å². The predicted octanol–water partition coefficient (Wildman–Crippen LogP) is 1.82. The molecule has 2 saturated heterocycles. The van der Waals surface area contributed by atoms with Crippen LogP contribution in [-0.4, -0.2) is 55.0 Å². The van der Waals surface area contributed by atoms with E-state index in [2.05, 4.69) is 33.0 Å². The van der Waals surface area contributed by atoms with Crippen molar-refractivity contribution in [1.29, 1.82) is 0 Å². The van der Waals surface area contributed by atoms with Gasteiger partial charge >= 0.3 is 0 Å². The fourth-order valence-electron chi connectivity index (χ4n) is 4.58. The average Bonchev–Trinajstić information content (AvgIpc) is 3.27. The highest BCUT2D eigenvalue weighted by Crippen LogP contribution is 2.26. The molecule has 0 spiro atoms. The van der Waals surface area contributed by atoms with Crippen LogP contribution in [0.1, 0.15) is 30.4 Å². The minimum atomic E-state index is -0.116. The lowest BCUT2D eigenvalue weighted by Gasteiger charge is -2.37. The highest BCUT2D eigenvalue weighted by Gasteiger charge is 2.43. The largest absolute Gasteiger partial charge is 0.497 e. The Kier molecular flexibility index (Phi) is 7.39. The first-order valence-electron chi connectivity index (χ1n) is 11.3. The van der Waals surface area contributed by atoms with Crippen LogP contribution >= 0.6 is 0 Å². The predicted molar refractivity (Wildman–Crippen MR) is 123 cm³/mol. The number of methoxy groups -OCH3 is 1. The van der Waals surface area contributed by atoms with Gasteiger partial charge in [0.1, 0.15) is 5.75 Å². The highest BCUT2D eigenvalue weighted by atomic mass is 16.5. The van der Waals surface area contributed by atoms with E-state index in [0.29, 0.717) is 19.5 Å². The van der Waals surface area contributed by atoms with Crippen molar-refractivity contribution in [3.8, 4) is 5.75 Å². The zero-order valence-electron chi connectivity index (χ0n) is 18.5. The third-order valence-electron chi connectivity index (χ3n) is 6.41. The molecule has 7 nitrogen and oxygen atoms in total. The van der Waals surface area contributed by atoms with Gasteiger partial charge in [0.15, 0.2) is 0 Å². The molecule has 2 fully saturated rings. The van der Waals surface area contributed by atoms with Crippen LogP contribution < -0.4 is 20.7 Å². The molecule has 7 heteroatoms. The van der Waals surface area contributed by atoms with Crippen molar-refractivity contribution in [3.05, 3.63) is 65.7 Å². The normalized spacial score (nSPS) is 22.8.